The van der Waals surface area contributed by atoms with Crippen molar-refractivity contribution >= 4 is 38.7 Å². The van der Waals surface area contributed by atoms with Crippen LogP contribution in [0.4, 0.5) is 0 Å². The highest BCUT2D eigenvalue weighted by atomic mass is 79.9. The van der Waals surface area contributed by atoms with Gasteiger partial charge in [-0.25, -0.2) is 0 Å². The van der Waals surface area contributed by atoms with Crippen LogP contribution in [0.2, 0.25) is 0 Å². The van der Waals surface area contributed by atoms with Gasteiger partial charge in [0.25, 0.3) is 0 Å². The zero-order chi connectivity index (χ0) is 17.8. The molecule has 1 aliphatic rings. The average molecular weight is 407 g/mol. The van der Waals surface area contributed by atoms with Crippen molar-refractivity contribution in [1.29, 1.82) is 0 Å². The average Bonchev–Trinajstić information content (AvgIpc) is 3.03. The van der Waals surface area contributed by atoms with E-state index in [1.165, 1.54) is 0 Å². The van der Waals surface area contributed by atoms with E-state index in [9.17, 15) is 9.59 Å². The quantitative estimate of drug-likeness (QED) is 0.765. The van der Waals surface area contributed by atoms with E-state index in [2.05, 4.69) is 37.9 Å². The number of hydrogen-bond donors (Lipinski definition) is 2. The number of halogens is 1. The molecule has 0 spiro atoms. The fourth-order valence-electron chi connectivity index (χ4n) is 3.56. The van der Waals surface area contributed by atoms with Crippen LogP contribution in [-0.4, -0.2) is 28.1 Å². The maximum absolute atomic E-state index is 12.1. The molecule has 0 saturated heterocycles. The molecule has 25 heavy (non-hydrogen) atoms. The Morgan fingerprint density at radius 3 is 2.68 bits per heavy atom. The lowest BCUT2D eigenvalue weighted by atomic mass is 9.82. The Balaban J connectivity index is 1.44. The standard InChI is InChI=1S/C19H23BrN2O3/c20-16-2-1-3-17-15(16)8-10-22(17)11-9-18(23)21-12-13-4-6-14(7-5-13)19(24)25/h1-3,8,10,13-14H,4-7,9,11-12H2,(H,21,23)(H,24,25). The lowest BCUT2D eigenvalue weighted by Crippen LogP contribution is -2.32. The van der Waals surface area contributed by atoms with E-state index in [4.69, 9.17) is 5.11 Å². The van der Waals surface area contributed by atoms with Crippen molar-refractivity contribution in [2.45, 2.75) is 38.6 Å². The summed E-state index contributed by atoms with van der Waals surface area (Å²) in [5.41, 5.74) is 1.12. The molecular formula is C19H23BrN2O3. The maximum atomic E-state index is 12.1. The Labute approximate surface area is 155 Å². The normalized spacial score (nSPS) is 20.5. The summed E-state index contributed by atoms with van der Waals surface area (Å²) in [5.74, 6) is -0.429. The van der Waals surface area contributed by atoms with Gasteiger partial charge in [0.05, 0.1) is 5.92 Å². The van der Waals surface area contributed by atoms with Crippen molar-refractivity contribution in [3.05, 3.63) is 34.9 Å². The van der Waals surface area contributed by atoms with E-state index < -0.39 is 5.97 Å². The molecule has 0 bridgehead atoms. The predicted octanol–water partition coefficient (Wildman–Crippen LogP) is 3.80. The molecule has 1 saturated carbocycles. The number of carboxylic acids is 1. The molecule has 0 aliphatic heterocycles. The Bertz CT molecular complexity index is 763. The number of nitrogens with one attached hydrogen (secondary N) is 1. The first-order valence-corrected chi connectivity index (χ1v) is 9.56. The van der Waals surface area contributed by atoms with Gasteiger partial charge in [-0.15, -0.1) is 0 Å². The number of carboxylic acid groups (broad SMARTS) is 1. The monoisotopic (exact) mass is 406 g/mol. The fourth-order valence-corrected chi connectivity index (χ4v) is 4.05. The number of aliphatic carboxylic acids is 1. The second-order valence-electron chi connectivity index (χ2n) is 6.79. The van der Waals surface area contributed by atoms with Crippen LogP contribution in [-0.2, 0) is 16.1 Å². The van der Waals surface area contributed by atoms with Crippen molar-refractivity contribution in [1.82, 2.24) is 9.88 Å². The number of fused-ring (bicyclic) bond motifs is 1. The number of nitrogens with zero attached hydrogens (tertiary/aromatic N) is 1. The van der Waals surface area contributed by atoms with Gasteiger partial charge in [-0.1, -0.05) is 22.0 Å². The minimum Gasteiger partial charge on any atom is -0.481 e. The molecule has 1 amide bonds. The summed E-state index contributed by atoms with van der Waals surface area (Å²) in [6.45, 7) is 1.31. The summed E-state index contributed by atoms with van der Waals surface area (Å²) < 4.78 is 3.16. The fraction of sp³-hybridized carbons (Fsp3) is 0.474. The summed E-state index contributed by atoms with van der Waals surface area (Å²) in [7, 11) is 0. The van der Waals surface area contributed by atoms with Crippen LogP contribution in [0.1, 0.15) is 32.1 Å². The van der Waals surface area contributed by atoms with Crippen LogP contribution in [0.15, 0.2) is 34.9 Å². The number of hydrogen-bond acceptors (Lipinski definition) is 2. The number of aryl methyl sites for hydroxylation is 1. The lowest BCUT2D eigenvalue weighted by Gasteiger charge is -2.26. The summed E-state index contributed by atoms with van der Waals surface area (Å²) in [5, 5.41) is 13.2. The summed E-state index contributed by atoms with van der Waals surface area (Å²) in [6, 6.07) is 8.12. The third-order valence-corrected chi connectivity index (χ3v) is 5.82. The van der Waals surface area contributed by atoms with Crippen molar-refractivity contribution in [3.63, 3.8) is 0 Å². The Morgan fingerprint density at radius 1 is 1.20 bits per heavy atom. The third-order valence-electron chi connectivity index (χ3n) is 5.12. The van der Waals surface area contributed by atoms with Gasteiger partial charge in [0.15, 0.2) is 0 Å². The molecule has 2 N–H and O–H groups in total. The lowest BCUT2D eigenvalue weighted by molar-refractivity contribution is -0.143. The molecule has 2 aromatic rings. The van der Waals surface area contributed by atoms with Crippen LogP contribution in [0.25, 0.3) is 10.9 Å². The molecule has 3 rings (SSSR count). The molecule has 0 unspecified atom stereocenters. The number of carbonyl (C=O) groups is 2. The molecule has 1 fully saturated rings. The van der Waals surface area contributed by atoms with Gasteiger partial charge in [0.2, 0.25) is 5.91 Å². The number of amides is 1. The van der Waals surface area contributed by atoms with Crippen LogP contribution >= 0.6 is 15.9 Å². The summed E-state index contributed by atoms with van der Waals surface area (Å²) in [6.07, 6.45) is 5.66. The predicted molar refractivity (Wildman–Crippen MR) is 100 cm³/mol. The van der Waals surface area contributed by atoms with Gasteiger partial charge in [-0.05, 0) is 49.8 Å². The first-order chi connectivity index (χ1) is 12.0. The van der Waals surface area contributed by atoms with E-state index in [-0.39, 0.29) is 11.8 Å². The number of benzene rings is 1. The molecule has 1 aromatic heterocycles. The highest BCUT2D eigenvalue weighted by Gasteiger charge is 2.25. The molecule has 6 heteroatoms. The molecule has 1 aromatic carbocycles. The molecule has 1 heterocycles. The minimum atomic E-state index is -0.687. The topological polar surface area (TPSA) is 71.3 Å². The van der Waals surface area contributed by atoms with E-state index >= 15 is 0 Å². The van der Waals surface area contributed by atoms with E-state index in [0.29, 0.717) is 25.4 Å². The Morgan fingerprint density at radius 2 is 1.96 bits per heavy atom. The Kier molecular flexibility index (Phi) is 5.78. The largest absolute Gasteiger partial charge is 0.481 e. The maximum Gasteiger partial charge on any atom is 0.306 e. The van der Waals surface area contributed by atoms with Gasteiger partial charge in [0, 0.05) is 41.1 Å². The minimum absolute atomic E-state index is 0.0530. The van der Waals surface area contributed by atoms with Gasteiger partial charge in [-0.2, -0.15) is 0 Å². The van der Waals surface area contributed by atoms with Crippen molar-refractivity contribution in [2.24, 2.45) is 11.8 Å². The molecule has 134 valence electrons. The van der Waals surface area contributed by atoms with Gasteiger partial charge in [0.1, 0.15) is 0 Å². The van der Waals surface area contributed by atoms with Crippen LogP contribution in [0, 0.1) is 11.8 Å². The van der Waals surface area contributed by atoms with Crippen LogP contribution in [0.3, 0.4) is 0 Å². The second-order valence-corrected chi connectivity index (χ2v) is 7.65. The zero-order valence-corrected chi connectivity index (χ0v) is 15.7. The van der Waals surface area contributed by atoms with Crippen molar-refractivity contribution in [2.75, 3.05) is 6.54 Å². The molecule has 0 radical (unpaired) electrons. The van der Waals surface area contributed by atoms with Crippen molar-refractivity contribution < 1.29 is 14.7 Å². The van der Waals surface area contributed by atoms with Gasteiger partial charge in [-0.3, -0.25) is 9.59 Å². The number of rotatable bonds is 6. The van der Waals surface area contributed by atoms with Crippen molar-refractivity contribution in [3.8, 4) is 0 Å². The molecule has 1 aliphatic carbocycles. The van der Waals surface area contributed by atoms with E-state index in [1.807, 2.05) is 18.3 Å². The number of carbonyl (C=O) groups excluding carboxylic acids is 1. The highest BCUT2D eigenvalue weighted by Crippen LogP contribution is 2.28. The number of aromatic nitrogens is 1. The second kappa shape index (κ2) is 8.04. The van der Waals surface area contributed by atoms with Gasteiger partial charge >= 0.3 is 5.97 Å². The van der Waals surface area contributed by atoms with Gasteiger partial charge < -0.3 is 15.0 Å². The first kappa shape index (κ1) is 18.0. The third kappa shape index (κ3) is 4.42. The van der Waals surface area contributed by atoms with Crippen LogP contribution in [0.5, 0.6) is 0 Å². The molecular weight excluding hydrogens is 384 g/mol. The first-order valence-electron chi connectivity index (χ1n) is 8.77. The SMILES string of the molecule is O=C(CCn1ccc2c(Br)cccc21)NCC1CCC(C(=O)O)CC1. The highest BCUT2D eigenvalue weighted by molar-refractivity contribution is 9.10. The smallest absolute Gasteiger partial charge is 0.306 e. The van der Waals surface area contributed by atoms with E-state index in [1.54, 1.807) is 0 Å². The zero-order valence-electron chi connectivity index (χ0n) is 14.1. The molecule has 5 nitrogen and oxygen atoms in total. The molecule has 0 atom stereocenters. The summed E-state index contributed by atoms with van der Waals surface area (Å²) in [4.78, 5) is 23.1. The van der Waals surface area contributed by atoms with Crippen LogP contribution < -0.4 is 5.32 Å². The Hall–Kier alpha value is -1.82. The van der Waals surface area contributed by atoms with E-state index in [0.717, 1.165) is 41.1 Å². The summed E-state index contributed by atoms with van der Waals surface area (Å²) >= 11 is 3.54.